The third-order valence-corrected chi connectivity index (χ3v) is 3.60. The van der Waals surface area contributed by atoms with Gasteiger partial charge in [0.15, 0.2) is 0 Å². The predicted molar refractivity (Wildman–Crippen MR) is 78.1 cm³/mol. The first-order valence-electron chi connectivity index (χ1n) is 5.70. The SMILES string of the molecule is Cc1cc(Cl)ccc1NC(=O)CN1C=CSCC1=O. The Hall–Kier alpha value is -1.46. The Bertz CT molecular complexity index is 545. The Labute approximate surface area is 120 Å². The molecule has 1 aliphatic rings. The summed E-state index contributed by atoms with van der Waals surface area (Å²) in [7, 11) is 0. The molecule has 0 aromatic heterocycles. The number of halogens is 1. The molecule has 0 saturated heterocycles. The summed E-state index contributed by atoms with van der Waals surface area (Å²) < 4.78 is 0. The summed E-state index contributed by atoms with van der Waals surface area (Å²) in [6.07, 6.45) is 1.63. The van der Waals surface area contributed by atoms with E-state index in [1.165, 1.54) is 16.7 Å². The monoisotopic (exact) mass is 296 g/mol. The number of benzene rings is 1. The maximum atomic E-state index is 11.9. The molecular formula is C13H13ClN2O2S. The first-order valence-corrected chi connectivity index (χ1v) is 7.12. The van der Waals surface area contributed by atoms with E-state index in [1.54, 1.807) is 24.4 Å². The molecule has 0 unspecified atom stereocenters. The normalized spacial score (nSPS) is 14.6. The Morgan fingerprint density at radius 2 is 2.32 bits per heavy atom. The van der Waals surface area contributed by atoms with Gasteiger partial charge >= 0.3 is 0 Å². The highest BCUT2D eigenvalue weighted by atomic mass is 35.5. The summed E-state index contributed by atoms with van der Waals surface area (Å²) in [4.78, 5) is 24.8. The number of thioether (sulfide) groups is 1. The van der Waals surface area contributed by atoms with Crippen LogP contribution in [0.5, 0.6) is 0 Å². The topological polar surface area (TPSA) is 49.4 Å². The second-order valence-corrected chi connectivity index (χ2v) is 5.46. The number of hydrogen-bond acceptors (Lipinski definition) is 3. The van der Waals surface area contributed by atoms with Crippen LogP contribution in [-0.2, 0) is 9.59 Å². The molecule has 0 saturated carbocycles. The fraction of sp³-hybridized carbons (Fsp3) is 0.231. The molecule has 4 nitrogen and oxygen atoms in total. The highest BCUT2D eigenvalue weighted by Crippen LogP contribution is 2.19. The molecule has 0 atom stereocenters. The smallest absolute Gasteiger partial charge is 0.244 e. The number of carbonyl (C=O) groups is 2. The molecule has 0 bridgehead atoms. The Morgan fingerprint density at radius 1 is 1.53 bits per heavy atom. The lowest BCUT2D eigenvalue weighted by Gasteiger charge is -2.20. The largest absolute Gasteiger partial charge is 0.324 e. The molecule has 2 amide bonds. The molecule has 19 heavy (non-hydrogen) atoms. The van der Waals surface area contributed by atoms with Crippen molar-refractivity contribution in [1.29, 1.82) is 0 Å². The van der Waals surface area contributed by atoms with Crippen LogP contribution in [0.25, 0.3) is 0 Å². The second kappa shape index (κ2) is 6.12. The van der Waals surface area contributed by atoms with E-state index in [2.05, 4.69) is 5.32 Å². The molecule has 1 heterocycles. The summed E-state index contributed by atoms with van der Waals surface area (Å²) in [6.45, 7) is 1.89. The number of rotatable bonds is 3. The molecule has 100 valence electrons. The zero-order chi connectivity index (χ0) is 13.8. The van der Waals surface area contributed by atoms with E-state index in [9.17, 15) is 9.59 Å². The molecule has 1 aromatic rings. The van der Waals surface area contributed by atoms with E-state index in [1.807, 2.05) is 12.3 Å². The van der Waals surface area contributed by atoms with Crippen LogP contribution < -0.4 is 5.32 Å². The van der Waals surface area contributed by atoms with Crippen LogP contribution in [0.2, 0.25) is 5.02 Å². The minimum atomic E-state index is -0.227. The lowest BCUT2D eigenvalue weighted by Crippen LogP contribution is -2.36. The van der Waals surface area contributed by atoms with Gasteiger partial charge in [-0.15, -0.1) is 11.8 Å². The molecule has 1 aliphatic heterocycles. The van der Waals surface area contributed by atoms with Gasteiger partial charge in [0.1, 0.15) is 6.54 Å². The van der Waals surface area contributed by atoms with Gasteiger partial charge in [0.25, 0.3) is 0 Å². The van der Waals surface area contributed by atoms with Gasteiger partial charge in [-0.25, -0.2) is 0 Å². The molecule has 6 heteroatoms. The van der Waals surface area contributed by atoms with E-state index in [4.69, 9.17) is 11.6 Å². The number of aryl methyl sites for hydroxylation is 1. The van der Waals surface area contributed by atoms with Crippen molar-refractivity contribution in [2.24, 2.45) is 0 Å². The maximum Gasteiger partial charge on any atom is 0.244 e. The highest BCUT2D eigenvalue weighted by Gasteiger charge is 2.17. The summed E-state index contributed by atoms with van der Waals surface area (Å²) in [6, 6.07) is 5.24. The zero-order valence-electron chi connectivity index (χ0n) is 10.4. The van der Waals surface area contributed by atoms with Gasteiger partial charge < -0.3 is 10.2 Å². The van der Waals surface area contributed by atoms with E-state index in [-0.39, 0.29) is 18.4 Å². The van der Waals surface area contributed by atoms with Crippen LogP contribution in [0, 0.1) is 6.92 Å². The molecule has 0 aliphatic carbocycles. The van der Waals surface area contributed by atoms with Gasteiger partial charge in [0.05, 0.1) is 5.75 Å². The fourth-order valence-corrected chi connectivity index (χ4v) is 2.52. The van der Waals surface area contributed by atoms with Crippen molar-refractivity contribution in [1.82, 2.24) is 4.90 Å². The third-order valence-electron chi connectivity index (χ3n) is 2.64. The number of amides is 2. The quantitative estimate of drug-likeness (QED) is 0.933. The minimum Gasteiger partial charge on any atom is -0.324 e. The van der Waals surface area contributed by atoms with Crippen molar-refractivity contribution >= 4 is 40.9 Å². The molecule has 0 radical (unpaired) electrons. The lowest BCUT2D eigenvalue weighted by molar-refractivity contribution is -0.129. The molecular weight excluding hydrogens is 284 g/mol. The van der Waals surface area contributed by atoms with Gasteiger partial charge in [0.2, 0.25) is 11.8 Å². The number of anilines is 1. The van der Waals surface area contributed by atoms with Gasteiger partial charge in [-0.3, -0.25) is 9.59 Å². The summed E-state index contributed by atoms with van der Waals surface area (Å²) in [5, 5.41) is 5.21. The minimum absolute atomic E-state index is 0.0258. The fourth-order valence-electron chi connectivity index (χ4n) is 1.65. The average molecular weight is 297 g/mol. The number of hydrogen-bond donors (Lipinski definition) is 1. The zero-order valence-corrected chi connectivity index (χ0v) is 11.9. The van der Waals surface area contributed by atoms with Crippen molar-refractivity contribution < 1.29 is 9.59 Å². The summed E-state index contributed by atoms with van der Waals surface area (Å²) in [5.74, 6) is 0.0924. The van der Waals surface area contributed by atoms with E-state index < -0.39 is 0 Å². The predicted octanol–water partition coefficient (Wildman–Crippen LogP) is 2.63. The van der Waals surface area contributed by atoms with Crippen LogP contribution >= 0.6 is 23.4 Å². The second-order valence-electron chi connectivity index (χ2n) is 4.13. The van der Waals surface area contributed by atoms with Crippen LogP contribution in [0.15, 0.2) is 29.8 Å². The van der Waals surface area contributed by atoms with Crippen molar-refractivity contribution in [2.45, 2.75) is 6.92 Å². The van der Waals surface area contributed by atoms with Crippen molar-refractivity contribution in [2.75, 3.05) is 17.6 Å². The number of carbonyl (C=O) groups excluding carboxylic acids is 2. The molecule has 0 spiro atoms. The van der Waals surface area contributed by atoms with E-state index in [0.717, 1.165) is 5.56 Å². The summed E-state index contributed by atoms with van der Waals surface area (Å²) >= 11 is 7.27. The van der Waals surface area contributed by atoms with Gasteiger partial charge in [0, 0.05) is 16.9 Å². The van der Waals surface area contributed by atoms with Crippen molar-refractivity contribution in [3.8, 4) is 0 Å². The molecule has 1 aromatic carbocycles. The summed E-state index contributed by atoms with van der Waals surface area (Å²) in [5.41, 5.74) is 1.59. The molecule has 2 rings (SSSR count). The standard InChI is InChI=1S/C13H13ClN2O2S/c1-9-6-10(14)2-3-11(9)15-12(17)7-16-4-5-19-8-13(16)18/h2-6H,7-8H2,1H3,(H,15,17). The maximum absolute atomic E-state index is 11.9. The third kappa shape index (κ3) is 3.75. The van der Waals surface area contributed by atoms with Gasteiger partial charge in [-0.1, -0.05) is 11.6 Å². The highest BCUT2D eigenvalue weighted by molar-refractivity contribution is 8.02. The Balaban J connectivity index is 1.99. The van der Waals surface area contributed by atoms with Gasteiger partial charge in [-0.05, 0) is 36.1 Å². The number of nitrogens with one attached hydrogen (secondary N) is 1. The van der Waals surface area contributed by atoms with Crippen molar-refractivity contribution in [3.63, 3.8) is 0 Å². The van der Waals surface area contributed by atoms with Gasteiger partial charge in [-0.2, -0.15) is 0 Å². The first-order chi connectivity index (χ1) is 9.06. The molecule has 1 N–H and O–H groups in total. The first kappa shape index (κ1) is 14.0. The average Bonchev–Trinajstić information content (AvgIpc) is 2.36. The van der Waals surface area contributed by atoms with Crippen LogP contribution in [0.3, 0.4) is 0 Å². The lowest BCUT2D eigenvalue weighted by atomic mass is 10.2. The van der Waals surface area contributed by atoms with Crippen LogP contribution in [0.1, 0.15) is 5.56 Å². The van der Waals surface area contributed by atoms with Crippen molar-refractivity contribution in [3.05, 3.63) is 40.4 Å². The van der Waals surface area contributed by atoms with E-state index in [0.29, 0.717) is 16.5 Å². The number of nitrogens with zero attached hydrogens (tertiary/aromatic N) is 1. The molecule has 0 fully saturated rings. The Morgan fingerprint density at radius 3 is 3.00 bits per heavy atom. The Kier molecular flexibility index (Phi) is 4.50. The van der Waals surface area contributed by atoms with Crippen LogP contribution in [-0.4, -0.2) is 29.0 Å². The van der Waals surface area contributed by atoms with Crippen LogP contribution in [0.4, 0.5) is 5.69 Å². The van der Waals surface area contributed by atoms with E-state index >= 15 is 0 Å².